The van der Waals surface area contributed by atoms with Gasteiger partial charge in [-0.25, -0.2) is 8.42 Å². The molecule has 0 aliphatic carbocycles. The van der Waals surface area contributed by atoms with E-state index in [4.69, 9.17) is 4.74 Å². The third kappa shape index (κ3) is 7.09. The molecule has 0 radical (unpaired) electrons. The largest absolute Gasteiger partial charge is 0.453 e. The molecular formula is C20H22N2O7S2. The molecule has 1 aromatic carbocycles. The number of ketones is 2. The quantitative estimate of drug-likeness (QED) is 0.402. The van der Waals surface area contributed by atoms with E-state index in [0.717, 1.165) is 4.88 Å². The molecule has 166 valence electrons. The first-order valence-corrected chi connectivity index (χ1v) is 11.5. The number of hydrogen-bond acceptors (Lipinski definition) is 8. The Morgan fingerprint density at radius 3 is 2.26 bits per heavy atom. The molecule has 1 amide bonds. The van der Waals surface area contributed by atoms with Crippen LogP contribution >= 0.6 is 11.3 Å². The van der Waals surface area contributed by atoms with E-state index >= 15 is 0 Å². The topological polar surface area (TPSA) is 136 Å². The number of amides is 1. The Hall–Kier alpha value is -2.89. The van der Waals surface area contributed by atoms with E-state index in [9.17, 15) is 27.6 Å². The van der Waals surface area contributed by atoms with Crippen LogP contribution < -0.4 is 10.0 Å². The molecule has 0 aliphatic heterocycles. The van der Waals surface area contributed by atoms with Gasteiger partial charge in [0.25, 0.3) is 0 Å². The van der Waals surface area contributed by atoms with Gasteiger partial charge in [-0.2, -0.15) is 4.72 Å². The molecule has 0 aliphatic rings. The van der Waals surface area contributed by atoms with Crippen molar-refractivity contribution in [2.24, 2.45) is 0 Å². The van der Waals surface area contributed by atoms with E-state index in [1.54, 1.807) is 12.1 Å². The summed E-state index contributed by atoms with van der Waals surface area (Å²) in [5.41, 5.74) is 0.361. The second kappa shape index (κ2) is 10.4. The summed E-state index contributed by atoms with van der Waals surface area (Å²) in [5, 5.41) is 2.62. The molecular weight excluding hydrogens is 444 g/mol. The van der Waals surface area contributed by atoms with Crippen LogP contribution in [-0.4, -0.2) is 44.5 Å². The van der Waals surface area contributed by atoms with E-state index in [1.807, 2.05) is 0 Å². The van der Waals surface area contributed by atoms with E-state index in [1.165, 1.54) is 56.4 Å². The second-order valence-electron chi connectivity index (χ2n) is 6.58. The van der Waals surface area contributed by atoms with Gasteiger partial charge >= 0.3 is 5.97 Å². The van der Waals surface area contributed by atoms with Crippen molar-refractivity contribution < 1.29 is 32.3 Å². The molecule has 1 aromatic heterocycles. The molecule has 0 saturated heterocycles. The van der Waals surface area contributed by atoms with Crippen molar-refractivity contribution >= 4 is 44.8 Å². The molecule has 0 saturated carbocycles. The first kappa shape index (κ1) is 24.4. The summed E-state index contributed by atoms with van der Waals surface area (Å²) in [6.45, 7) is 3.77. The van der Waals surface area contributed by atoms with Crippen LogP contribution in [0.4, 0.5) is 0 Å². The molecule has 31 heavy (non-hydrogen) atoms. The number of rotatable bonds is 10. The Morgan fingerprint density at radius 2 is 1.68 bits per heavy atom. The van der Waals surface area contributed by atoms with Crippen LogP contribution in [0.2, 0.25) is 0 Å². The van der Waals surface area contributed by atoms with Crippen LogP contribution in [0.15, 0.2) is 41.3 Å². The van der Waals surface area contributed by atoms with E-state index in [2.05, 4.69) is 10.0 Å². The fourth-order valence-electron chi connectivity index (χ4n) is 2.42. The lowest BCUT2D eigenvalue weighted by molar-refractivity contribution is -0.144. The zero-order valence-electron chi connectivity index (χ0n) is 17.1. The summed E-state index contributed by atoms with van der Waals surface area (Å²) >= 11 is 1.17. The molecule has 1 heterocycles. The maximum atomic E-state index is 12.4. The zero-order chi connectivity index (χ0) is 23.2. The number of ether oxygens (including phenoxy) is 1. The minimum absolute atomic E-state index is 0.111. The van der Waals surface area contributed by atoms with Crippen molar-refractivity contribution in [3.63, 3.8) is 0 Å². The van der Waals surface area contributed by atoms with Gasteiger partial charge < -0.3 is 10.1 Å². The van der Waals surface area contributed by atoms with Crippen LogP contribution in [0.25, 0.3) is 0 Å². The number of nitrogens with one attached hydrogen (secondary N) is 2. The highest BCUT2D eigenvalue weighted by molar-refractivity contribution is 7.89. The molecule has 1 atom stereocenters. The van der Waals surface area contributed by atoms with Crippen LogP contribution in [0.5, 0.6) is 0 Å². The van der Waals surface area contributed by atoms with Crippen molar-refractivity contribution in [3.8, 4) is 0 Å². The Kier molecular flexibility index (Phi) is 8.20. The summed E-state index contributed by atoms with van der Waals surface area (Å²) in [6.07, 6.45) is -1.11. The van der Waals surface area contributed by atoms with Crippen molar-refractivity contribution in [2.45, 2.75) is 38.3 Å². The van der Waals surface area contributed by atoms with Gasteiger partial charge in [0.2, 0.25) is 21.7 Å². The predicted molar refractivity (Wildman–Crippen MR) is 113 cm³/mol. The Morgan fingerprint density at radius 1 is 1.03 bits per heavy atom. The van der Waals surface area contributed by atoms with Gasteiger partial charge in [0.05, 0.1) is 16.3 Å². The molecule has 0 spiro atoms. The van der Waals surface area contributed by atoms with Gasteiger partial charge in [-0.05, 0) is 38.1 Å². The van der Waals surface area contributed by atoms with Crippen molar-refractivity contribution in [3.05, 3.63) is 51.7 Å². The normalized spacial score (nSPS) is 12.1. The van der Waals surface area contributed by atoms with Gasteiger partial charge in [0, 0.05) is 17.4 Å². The molecule has 0 bridgehead atoms. The second-order valence-corrected chi connectivity index (χ2v) is 9.51. The first-order chi connectivity index (χ1) is 14.5. The summed E-state index contributed by atoms with van der Waals surface area (Å²) in [7, 11) is -4.00. The van der Waals surface area contributed by atoms with Crippen LogP contribution in [0, 0.1) is 0 Å². The molecule has 2 aromatic rings. The number of carbonyl (C=O) groups excluding carboxylic acids is 4. The highest BCUT2D eigenvalue weighted by Crippen LogP contribution is 2.19. The van der Waals surface area contributed by atoms with E-state index in [-0.39, 0.29) is 23.1 Å². The first-order valence-electron chi connectivity index (χ1n) is 9.17. The maximum absolute atomic E-state index is 12.4. The van der Waals surface area contributed by atoms with Crippen molar-refractivity contribution in [1.29, 1.82) is 0 Å². The number of hydrogen-bond donors (Lipinski definition) is 2. The Balaban J connectivity index is 1.90. The van der Waals surface area contributed by atoms with Crippen LogP contribution in [-0.2, 0) is 30.9 Å². The van der Waals surface area contributed by atoms with Crippen molar-refractivity contribution in [2.75, 3.05) is 6.54 Å². The zero-order valence-corrected chi connectivity index (χ0v) is 18.8. The summed E-state index contributed by atoms with van der Waals surface area (Å²) < 4.78 is 31.7. The maximum Gasteiger partial charge on any atom is 0.321 e. The lowest BCUT2D eigenvalue weighted by atomic mass is 10.2. The van der Waals surface area contributed by atoms with Gasteiger partial charge in [-0.3, -0.25) is 19.2 Å². The molecule has 0 fully saturated rings. The number of Topliss-reactive ketones (excluding diaryl/α,β-unsaturated/α-hetero) is 2. The van der Waals surface area contributed by atoms with Gasteiger partial charge in [-0.1, -0.05) is 12.1 Å². The van der Waals surface area contributed by atoms with Gasteiger partial charge in [-0.15, -0.1) is 11.3 Å². The van der Waals surface area contributed by atoms with E-state index in [0.29, 0.717) is 10.4 Å². The SMILES string of the molecule is CC(=O)NCc1ccc(C(=O)C(C)OC(=O)CNS(=O)(=O)c2ccc(C(C)=O)cc2)s1. The number of sulfonamides is 1. The number of esters is 1. The summed E-state index contributed by atoms with van der Waals surface area (Å²) in [4.78, 5) is 47.7. The predicted octanol–water partition coefficient (Wildman–Crippen LogP) is 1.68. The number of benzene rings is 1. The fourth-order valence-corrected chi connectivity index (χ4v) is 4.35. The molecule has 2 rings (SSSR count). The van der Waals surface area contributed by atoms with Crippen molar-refractivity contribution in [1.82, 2.24) is 10.0 Å². The Labute approximate surface area is 183 Å². The average molecular weight is 467 g/mol. The molecule has 1 unspecified atom stereocenters. The van der Waals surface area contributed by atoms with Gasteiger partial charge in [0.1, 0.15) is 6.54 Å². The molecule has 9 nitrogen and oxygen atoms in total. The molecule has 2 N–H and O–H groups in total. The highest BCUT2D eigenvalue weighted by atomic mass is 32.2. The third-order valence-electron chi connectivity index (χ3n) is 4.07. The monoisotopic (exact) mass is 466 g/mol. The highest BCUT2D eigenvalue weighted by Gasteiger charge is 2.23. The lowest BCUT2D eigenvalue weighted by Crippen LogP contribution is -2.34. The molecule has 11 heteroatoms. The summed E-state index contributed by atoms with van der Waals surface area (Å²) in [6, 6.07) is 8.52. The fraction of sp³-hybridized carbons (Fsp3) is 0.300. The van der Waals surface area contributed by atoms with Crippen LogP contribution in [0.3, 0.4) is 0 Å². The number of thiophene rings is 1. The average Bonchev–Trinajstić information content (AvgIpc) is 3.19. The smallest absolute Gasteiger partial charge is 0.321 e. The Bertz CT molecular complexity index is 1090. The minimum atomic E-state index is -4.00. The van der Waals surface area contributed by atoms with Crippen LogP contribution in [0.1, 0.15) is 45.7 Å². The third-order valence-corrected chi connectivity index (χ3v) is 6.59. The number of carbonyl (C=O) groups is 4. The summed E-state index contributed by atoms with van der Waals surface area (Å²) in [5.74, 6) is -1.75. The lowest BCUT2D eigenvalue weighted by Gasteiger charge is -2.12. The van der Waals surface area contributed by atoms with Gasteiger partial charge in [0.15, 0.2) is 11.9 Å². The van der Waals surface area contributed by atoms with E-state index < -0.39 is 34.4 Å². The standard InChI is InChI=1S/C20H22N2O7S2/c1-12(23)15-4-7-17(8-5-15)31(27,28)22-11-19(25)29-13(2)20(26)18-9-6-16(30-18)10-21-14(3)24/h4-9,13,22H,10-11H2,1-3H3,(H,21,24). The minimum Gasteiger partial charge on any atom is -0.453 e.